The van der Waals surface area contributed by atoms with Gasteiger partial charge in [0.1, 0.15) is 13.2 Å². The maximum absolute atomic E-state index is 12.3. The van der Waals surface area contributed by atoms with Gasteiger partial charge in [0.05, 0.1) is 6.33 Å². The van der Waals surface area contributed by atoms with Crippen LogP contribution in [0.1, 0.15) is 33.1 Å². The summed E-state index contributed by atoms with van der Waals surface area (Å²) in [7, 11) is 0. The first-order valence-corrected chi connectivity index (χ1v) is 13.5. The Morgan fingerprint density at radius 1 is 1.20 bits per heavy atom. The van der Waals surface area contributed by atoms with Crippen LogP contribution in [0, 0.1) is 11.8 Å². The number of nitrogens with two attached hydrogens (primary N) is 1. The summed E-state index contributed by atoms with van der Waals surface area (Å²) in [6.45, 7) is 7.46. The zero-order chi connectivity index (χ0) is 24.5. The third-order valence-corrected chi connectivity index (χ3v) is 8.31. The lowest BCUT2D eigenvalue weighted by Crippen LogP contribution is -2.40. The molecular weight excluding hydrogens is 532 g/mol. The van der Waals surface area contributed by atoms with Crippen molar-refractivity contribution >= 4 is 39.4 Å². The summed E-state index contributed by atoms with van der Waals surface area (Å²) in [6, 6.07) is 3.85. The smallest absolute Gasteiger partial charge is 0.225 e. The van der Waals surface area contributed by atoms with Crippen molar-refractivity contribution in [1.29, 1.82) is 0 Å². The molecule has 2 N–H and O–H groups in total. The van der Waals surface area contributed by atoms with E-state index in [2.05, 4.69) is 25.9 Å². The van der Waals surface area contributed by atoms with Crippen LogP contribution in [-0.2, 0) is 11.3 Å². The van der Waals surface area contributed by atoms with E-state index in [0.29, 0.717) is 35.8 Å². The third-order valence-electron chi connectivity index (χ3n) is 6.47. The fourth-order valence-corrected chi connectivity index (χ4v) is 5.85. The number of likely N-dealkylation sites (tertiary alicyclic amines) is 1. The Labute approximate surface area is 217 Å². The molecule has 0 unspecified atom stereocenters. The largest absolute Gasteiger partial charge is 0.486 e. The first kappa shape index (κ1) is 24.2. The summed E-state index contributed by atoms with van der Waals surface area (Å²) < 4.78 is 14.3. The Kier molecular flexibility index (Phi) is 7.06. The number of carbonyl (C=O) groups excluding carboxylic acids is 1. The van der Waals surface area contributed by atoms with E-state index < -0.39 is 0 Å². The quantitative estimate of drug-likeness (QED) is 0.474. The monoisotopic (exact) mass is 560 g/mol. The highest BCUT2D eigenvalue weighted by molar-refractivity contribution is 9.10. The molecule has 5 rings (SSSR count). The van der Waals surface area contributed by atoms with Gasteiger partial charge in [-0.2, -0.15) is 0 Å². The normalized spacial score (nSPS) is 16.3. The van der Waals surface area contributed by atoms with Crippen LogP contribution in [0.25, 0.3) is 11.5 Å². The number of halogens is 1. The zero-order valence-electron chi connectivity index (χ0n) is 19.9. The number of nitrogens with zero attached hydrogens (tertiary/aromatic N) is 5. The number of rotatable bonds is 6. The van der Waals surface area contributed by atoms with Gasteiger partial charge in [-0.05, 0) is 65.0 Å². The molecule has 9 nitrogen and oxygen atoms in total. The number of aryl methyl sites for hydroxylation is 1. The molecule has 1 aromatic rings. The molecule has 0 aliphatic carbocycles. The number of amides is 1. The zero-order valence-corrected chi connectivity index (χ0v) is 22.3. The van der Waals surface area contributed by atoms with E-state index >= 15 is 0 Å². The van der Waals surface area contributed by atoms with E-state index in [1.165, 1.54) is 11.8 Å². The van der Waals surface area contributed by atoms with Crippen molar-refractivity contribution < 1.29 is 14.3 Å². The van der Waals surface area contributed by atoms with Crippen LogP contribution in [0.3, 0.4) is 0 Å². The molecule has 1 saturated heterocycles. The van der Waals surface area contributed by atoms with Crippen molar-refractivity contribution in [2.24, 2.45) is 11.8 Å². The van der Waals surface area contributed by atoms with Gasteiger partial charge >= 0.3 is 0 Å². The second-order valence-electron chi connectivity index (χ2n) is 9.24. The van der Waals surface area contributed by atoms with Crippen LogP contribution in [0.2, 0.25) is 0 Å². The number of benzene rings is 1. The van der Waals surface area contributed by atoms with Crippen molar-refractivity contribution in [1.82, 2.24) is 24.4 Å². The van der Waals surface area contributed by atoms with Crippen molar-refractivity contribution in [3.8, 4) is 23.0 Å². The van der Waals surface area contributed by atoms with Crippen molar-refractivity contribution in [2.75, 3.05) is 32.0 Å². The Hall–Kier alpha value is -2.53. The van der Waals surface area contributed by atoms with Crippen molar-refractivity contribution in [3.63, 3.8) is 0 Å². The molecule has 1 aromatic carbocycles. The van der Waals surface area contributed by atoms with Gasteiger partial charge in [-0.1, -0.05) is 13.8 Å². The predicted octanol–water partition coefficient (Wildman–Crippen LogP) is 4.33. The van der Waals surface area contributed by atoms with Gasteiger partial charge < -0.3 is 24.7 Å². The molecule has 0 bridgehead atoms. The highest BCUT2D eigenvalue weighted by Crippen LogP contribution is 2.42. The predicted molar refractivity (Wildman–Crippen MR) is 137 cm³/mol. The number of hydrogen-bond acceptors (Lipinski definition) is 8. The minimum atomic E-state index is 0.0574. The Bertz CT molecular complexity index is 1190. The second-order valence-corrected chi connectivity index (χ2v) is 11.1. The molecule has 0 radical (unpaired) electrons. The fraction of sp³-hybridized carbons (Fsp3) is 0.500. The van der Waals surface area contributed by atoms with Gasteiger partial charge in [-0.25, -0.2) is 15.0 Å². The van der Waals surface area contributed by atoms with E-state index in [4.69, 9.17) is 20.2 Å². The van der Waals surface area contributed by atoms with E-state index in [0.717, 1.165) is 65.6 Å². The number of hydrogen-bond donors (Lipinski definition) is 1. The van der Waals surface area contributed by atoms with Crippen LogP contribution in [0.5, 0.6) is 11.5 Å². The minimum absolute atomic E-state index is 0.0574. The molecule has 1 amide bonds. The molecule has 1 fully saturated rings. The Morgan fingerprint density at radius 3 is 2.63 bits per heavy atom. The minimum Gasteiger partial charge on any atom is -0.486 e. The van der Waals surface area contributed by atoms with Crippen LogP contribution < -0.4 is 15.2 Å². The van der Waals surface area contributed by atoms with Gasteiger partial charge in [0.2, 0.25) is 5.91 Å². The second kappa shape index (κ2) is 10.2. The number of imidazole rings is 1. The Balaban J connectivity index is 1.28. The first-order chi connectivity index (χ1) is 16.9. The summed E-state index contributed by atoms with van der Waals surface area (Å²) in [6.07, 6.45) is 4.79. The number of piperidine rings is 1. The summed E-state index contributed by atoms with van der Waals surface area (Å²) >= 11 is 5.06. The van der Waals surface area contributed by atoms with Crippen molar-refractivity contribution in [3.05, 3.63) is 22.9 Å². The molecule has 4 aliphatic heterocycles. The fourth-order valence-electron chi connectivity index (χ4n) is 4.49. The van der Waals surface area contributed by atoms with Gasteiger partial charge in [-0.3, -0.25) is 4.79 Å². The number of fused-ring (bicyclic) bond motifs is 2. The molecule has 4 aliphatic rings. The molecule has 4 heterocycles. The van der Waals surface area contributed by atoms with Crippen LogP contribution >= 0.6 is 27.7 Å². The first-order valence-electron chi connectivity index (χ1n) is 11.9. The van der Waals surface area contributed by atoms with Gasteiger partial charge in [0.15, 0.2) is 34.0 Å². The summed E-state index contributed by atoms with van der Waals surface area (Å²) in [5.41, 5.74) is 6.75. The standard InChI is InChI=1S/C24H29BrN6O3S/c1-14(2)23(32)30-6-3-15(4-7-30)5-8-31-13-27-21(26)20-22(31)29-24(28-20)35-19-12-18-17(11-16(19)25)33-9-10-34-18/h11-15H,3-10,26H2,1-2H3. The molecule has 186 valence electrons. The van der Waals surface area contributed by atoms with Crippen molar-refractivity contribution in [2.45, 2.75) is 49.7 Å². The highest BCUT2D eigenvalue weighted by Gasteiger charge is 2.25. The Morgan fingerprint density at radius 2 is 1.91 bits per heavy atom. The number of anilines is 1. The van der Waals surface area contributed by atoms with E-state index in [1.807, 2.05) is 35.4 Å². The molecule has 35 heavy (non-hydrogen) atoms. The van der Waals surface area contributed by atoms with Gasteiger partial charge in [-0.15, -0.1) is 0 Å². The van der Waals surface area contributed by atoms with Gasteiger partial charge in [0, 0.05) is 34.9 Å². The average molecular weight is 562 g/mol. The number of ether oxygens (including phenoxy) is 2. The molecule has 0 spiro atoms. The lowest BCUT2D eigenvalue weighted by Gasteiger charge is -2.33. The SMILES string of the molecule is CC(C)C(=O)N1CCC(CCn2cnc(N)c3nc(Sc4cc5c(cc4Br)OCCO5)nc2-3)CC1. The highest BCUT2D eigenvalue weighted by atomic mass is 79.9. The maximum atomic E-state index is 12.3. The molecule has 11 heteroatoms. The lowest BCUT2D eigenvalue weighted by atomic mass is 9.93. The molecule has 0 saturated carbocycles. The maximum Gasteiger partial charge on any atom is 0.225 e. The number of carbonyl (C=O) groups is 1. The average Bonchev–Trinajstić information content (AvgIpc) is 3.29. The number of nitrogen functional groups attached to an aromatic ring is 1. The van der Waals surface area contributed by atoms with Crippen LogP contribution in [0.4, 0.5) is 5.82 Å². The summed E-state index contributed by atoms with van der Waals surface area (Å²) in [5, 5.41) is 0.603. The van der Waals surface area contributed by atoms with Crippen LogP contribution in [0.15, 0.2) is 33.0 Å². The van der Waals surface area contributed by atoms with Gasteiger partial charge in [0.25, 0.3) is 0 Å². The summed E-state index contributed by atoms with van der Waals surface area (Å²) in [5.74, 6) is 3.43. The molecule has 0 aromatic heterocycles. The topological polar surface area (TPSA) is 108 Å². The van der Waals surface area contributed by atoms with E-state index in [1.54, 1.807) is 6.33 Å². The van der Waals surface area contributed by atoms with Crippen LogP contribution in [-0.4, -0.2) is 56.6 Å². The molecule has 0 atom stereocenters. The summed E-state index contributed by atoms with van der Waals surface area (Å²) in [4.78, 5) is 29.0. The van der Waals surface area contributed by atoms with E-state index in [-0.39, 0.29) is 11.8 Å². The lowest BCUT2D eigenvalue weighted by molar-refractivity contribution is -0.135. The molecular formula is C24H29BrN6O3S. The number of aromatic nitrogens is 4. The third kappa shape index (κ3) is 5.20. The van der Waals surface area contributed by atoms with E-state index in [9.17, 15) is 4.79 Å².